The lowest BCUT2D eigenvalue weighted by Crippen LogP contribution is -2.38. The largest absolute Gasteiger partial charge is 0.358 e. The first kappa shape index (κ1) is 16.0. The summed E-state index contributed by atoms with van der Waals surface area (Å²) in [6.45, 7) is 3.78. The van der Waals surface area contributed by atoms with E-state index in [2.05, 4.69) is 46.5 Å². The van der Waals surface area contributed by atoms with E-state index in [0.29, 0.717) is 17.6 Å². The number of rotatable bonds is 3. The predicted molar refractivity (Wildman–Crippen MR) is 97.6 cm³/mol. The number of H-pyrrole nitrogens is 1. The number of Topliss-reactive ketones (excluding diaryl/α,β-unsaturated/α-hetero) is 1. The van der Waals surface area contributed by atoms with Crippen LogP contribution in [0, 0.1) is 0 Å². The van der Waals surface area contributed by atoms with E-state index in [4.69, 9.17) is 4.98 Å². The lowest BCUT2D eigenvalue weighted by molar-refractivity contribution is 0.101. The van der Waals surface area contributed by atoms with Crippen LogP contribution in [0.5, 0.6) is 0 Å². The molecule has 0 radical (unpaired) electrons. The highest BCUT2D eigenvalue weighted by atomic mass is 16.1. The number of hydrogen-bond acceptors (Lipinski definition) is 4. The number of carbonyl (C=O) groups is 1. The van der Waals surface area contributed by atoms with Gasteiger partial charge in [-0.1, -0.05) is 30.3 Å². The quantitative estimate of drug-likeness (QED) is 0.716. The molecule has 0 saturated carbocycles. The van der Waals surface area contributed by atoms with Crippen LogP contribution in [0.4, 0.5) is 0 Å². The van der Waals surface area contributed by atoms with Crippen LogP contribution < -0.4 is 5.32 Å². The van der Waals surface area contributed by atoms with Crippen LogP contribution in [0.25, 0.3) is 11.0 Å². The van der Waals surface area contributed by atoms with Gasteiger partial charge in [-0.05, 0) is 32.3 Å². The topological polar surface area (TPSA) is 70.7 Å². The number of nitrogens with one attached hydrogen (secondary N) is 2. The molecule has 5 heteroatoms. The van der Waals surface area contributed by atoms with Gasteiger partial charge in [-0.3, -0.25) is 4.79 Å². The van der Waals surface area contributed by atoms with E-state index in [1.54, 1.807) is 19.3 Å². The van der Waals surface area contributed by atoms with Crippen molar-refractivity contribution in [1.29, 1.82) is 0 Å². The molecule has 2 N–H and O–H groups in total. The highest BCUT2D eigenvalue weighted by Gasteiger charge is 2.29. The Balaban J connectivity index is 1.67. The van der Waals surface area contributed by atoms with E-state index < -0.39 is 0 Å². The summed E-state index contributed by atoms with van der Waals surface area (Å²) >= 11 is 0. The minimum Gasteiger partial charge on any atom is -0.358 e. The molecular weight excluding hydrogens is 312 g/mol. The molecule has 1 saturated heterocycles. The number of aromatic amines is 1. The molecule has 0 aliphatic carbocycles. The van der Waals surface area contributed by atoms with Crippen LogP contribution in [0.2, 0.25) is 0 Å². The number of carbonyl (C=O) groups excluding carboxylic acids is 1. The van der Waals surface area contributed by atoms with Gasteiger partial charge in [0.25, 0.3) is 0 Å². The van der Waals surface area contributed by atoms with Gasteiger partial charge in [-0.25, -0.2) is 9.97 Å². The number of ketones is 1. The van der Waals surface area contributed by atoms with Crippen LogP contribution in [-0.4, -0.2) is 26.8 Å². The monoisotopic (exact) mass is 334 g/mol. The van der Waals surface area contributed by atoms with Crippen molar-refractivity contribution in [3.63, 3.8) is 0 Å². The second kappa shape index (κ2) is 6.41. The van der Waals surface area contributed by atoms with E-state index in [-0.39, 0.29) is 11.7 Å². The zero-order chi connectivity index (χ0) is 17.4. The fourth-order valence-corrected chi connectivity index (χ4v) is 3.81. The number of aromatic nitrogens is 3. The maximum atomic E-state index is 11.8. The number of fused-ring (bicyclic) bond motifs is 1. The SMILES string of the molecule is CC(=O)c1c[nH]c2cnc(C3CC(C)NC(c4ccccc4)C3)nc12. The molecule has 0 spiro atoms. The van der Waals surface area contributed by atoms with Gasteiger partial charge in [0.2, 0.25) is 0 Å². The molecule has 0 bridgehead atoms. The van der Waals surface area contributed by atoms with Gasteiger partial charge in [0.1, 0.15) is 11.3 Å². The fourth-order valence-electron chi connectivity index (χ4n) is 3.81. The summed E-state index contributed by atoms with van der Waals surface area (Å²) in [7, 11) is 0. The van der Waals surface area contributed by atoms with Gasteiger partial charge in [0.05, 0.1) is 17.3 Å². The first-order valence-electron chi connectivity index (χ1n) is 8.77. The molecule has 2 aromatic heterocycles. The highest BCUT2D eigenvalue weighted by molar-refractivity contribution is 6.04. The summed E-state index contributed by atoms with van der Waals surface area (Å²) in [5.41, 5.74) is 3.49. The molecule has 128 valence electrons. The van der Waals surface area contributed by atoms with Crippen molar-refractivity contribution >= 4 is 16.8 Å². The molecule has 5 nitrogen and oxygen atoms in total. The fraction of sp³-hybridized carbons (Fsp3) is 0.350. The molecule has 1 fully saturated rings. The Hall–Kier alpha value is -2.53. The second-order valence-corrected chi connectivity index (χ2v) is 6.95. The molecule has 1 aromatic carbocycles. The van der Waals surface area contributed by atoms with E-state index >= 15 is 0 Å². The molecule has 4 rings (SSSR count). The van der Waals surface area contributed by atoms with Crippen LogP contribution in [0.15, 0.2) is 42.7 Å². The van der Waals surface area contributed by atoms with Gasteiger partial charge < -0.3 is 10.3 Å². The van der Waals surface area contributed by atoms with Crippen LogP contribution in [0.3, 0.4) is 0 Å². The van der Waals surface area contributed by atoms with E-state index in [0.717, 1.165) is 29.7 Å². The first-order chi connectivity index (χ1) is 12.1. The maximum Gasteiger partial charge on any atom is 0.163 e. The zero-order valence-corrected chi connectivity index (χ0v) is 14.5. The number of nitrogens with zero attached hydrogens (tertiary/aromatic N) is 2. The number of benzene rings is 1. The summed E-state index contributed by atoms with van der Waals surface area (Å²) < 4.78 is 0. The van der Waals surface area contributed by atoms with Gasteiger partial charge in [0, 0.05) is 24.2 Å². The molecule has 3 atom stereocenters. The van der Waals surface area contributed by atoms with E-state index in [1.165, 1.54) is 5.56 Å². The molecule has 1 aliphatic heterocycles. The summed E-state index contributed by atoms with van der Waals surface area (Å²) in [6.07, 6.45) is 5.48. The lowest BCUT2D eigenvalue weighted by Gasteiger charge is -2.34. The average Bonchev–Trinajstić information content (AvgIpc) is 3.05. The van der Waals surface area contributed by atoms with Gasteiger partial charge >= 0.3 is 0 Å². The third kappa shape index (κ3) is 3.07. The number of piperidine rings is 1. The van der Waals surface area contributed by atoms with Crippen molar-refractivity contribution in [2.45, 2.75) is 44.7 Å². The van der Waals surface area contributed by atoms with Crippen LogP contribution in [0.1, 0.15) is 60.4 Å². The Labute approximate surface area is 146 Å². The van der Waals surface area contributed by atoms with Crippen molar-refractivity contribution in [2.75, 3.05) is 0 Å². The zero-order valence-electron chi connectivity index (χ0n) is 14.5. The third-order valence-corrected chi connectivity index (χ3v) is 5.02. The molecule has 3 heterocycles. The van der Waals surface area contributed by atoms with E-state index in [1.807, 2.05) is 6.07 Å². The summed E-state index contributed by atoms with van der Waals surface area (Å²) in [6, 6.07) is 11.2. The van der Waals surface area contributed by atoms with Crippen molar-refractivity contribution in [3.8, 4) is 0 Å². The first-order valence-corrected chi connectivity index (χ1v) is 8.77. The lowest BCUT2D eigenvalue weighted by atomic mass is 9.85. The molecule has 25 heavy (non-hydrogen) atoms. The molecule has 3 unspecified atom stereocenters. The van der Waals surface area contributed by atoms with Gasteiger partial charge in [0.15, 0.2) is 5.78 Å². The van der Waals surface area contributed by atoms with Crippen molar-refractivity contribution in [1.82, 2.24) is 20.3 Å². The molecule has 0 amide bonds. The Morgan fingerprint density at radius 1 is 1.20 bits per heavy atom. The standard InChI is InChI=1S/C20H22N4O/c1-12-8-15(9-17(23-12)14-6-4-3-5-7-14)20-22-11-18-19(24-20)16(10-21-18)13(2)25/h3-7,10-12,15,17,21,23H,8-9H2,1-2H3. The predicted octanol–water partition coefficient (Wildman–Crippen LogP) is 3.76. The number of hydrogen-bond donors (Lipinski definition) is 2. The molecule has 1 aliphatic rings. The second-order valence-electron chi connectivity index (χ2n) is 6.95. The van der Waals surface area contributed by atoms with Crippen molar-refractivity contribution < 1.29 is 4.79 Å². The van der Waals surface area contributed by atoms with Crippen molar-refractivity contribution in [3.05, 3.63) is 59.7 Å². The van der Waals surface area contributed by atoms with Crippen molar-refractivity contribution in [2.24, 2.45) is 0 Å². The third-order valence-electron chi connectivity index (χ3n) is 5.02. The Bertz CT molecular complexity index is 902. The maximum absolute atomic E-state index is 11.8. The van der Waals surface area contributed by atoms with E-state index in [9.17, 15) is 4.79 Å². The summed E-state index contributed by atoms with van der Waals surface area (Å²) in [5, 5.41) is 3.68. The van der Waals surface area contributed by atoms with Gasteiger partial charge in [-0.2, -0.15) is 0 Å². The Morgan fingerprint density at radius 2 is 2.00 bits per heavy atom. The smallest absolute Gasteiger partial charge is 0.163 e. The van der Waals surface area contributed by atoms with Gasteiger partial charge in [-0.15, -0.1) is 0 Å². The molecule has 3 aromatic rings. The Morgan fingerprint density at radius 3 is 2.76 bits per heavy atom. The average molecular weight is 334 g/mol. The minimum absolute atomic E-state index is 0.0248. The minimum atomic E-state index is 0.0248. The summed E-state index contributed by atoms with van der Waals surface area (Å²) in [5.74, 6) is 1.14. The molecular formula is C20H22N4O. The highest BCUT2D eigenvalue weighted by Crippen LogP contribution is 2.35. The normalized spacial score (nSPS) is 23.7. The van der Waals surface area contributed by atoms with Crippen LogP contribution in [-0.2, 0) is 0 Å². The van der Waals surface area contributed by atoms with Crippen LogP contribution >= 0.6 is 0 Å². The summed E-state index contributed by atoms with van der Waals surface area (Å²) in [4.78, 5) is 24.2. The Kier molecular flexibility index (Phi) is 4.09.